The number of rotatable bonds is 4. The van der Waals surface area contributed by atoms with Gasteiger partial charge in [0.25, 0.3) is 0 Å². The molecule has 0 spiro atoms. The Bertz CT molecular complexity index is 551. The van der Waals surface area contributed by atoms with E-state index in [0.717, 1.165) is 12.1 Å². The van der Waals surface area contributed by atoms with Gasteiger partial charge in [-0.2, -0.15) is 13.2 Å². The highest BCUT2D eigenvalue weighted by molar-refractivity contribution is 9.10. The van der Waals surface area contributed by atoms with Crippen LogP contribution in [-0.4, -0.2) is 18.2 Å². The zero-order chi connectivity index (χ0) is 15.1. The Labute approximate surface area is 121 Å². The molecule has 1 saturated carbocycles. The highest BCUT2D eigenvalue weighted by Gasteiger charge is 2.49. The summed E-state index contributed by atoms with van der Waals surface area (Å²) in [6.45, 7) is 0. The van der Waals surface area contributed by atoms with Crippen molar-refractivity contribution in [2.45, 2.75) is 30.9 Å². The van der Waals surface area contributed by atoms with Gasteiger partial charge in [0.1, 0.15) is 5.75 Å². The molecule has 1 aliphatic carbocycles. The van der Waals surface area contributed by atoms with Crippen molar-refractivity contribution in [1.29, 1.82) is 0 Å². The topological polar surface area (TPSA) is 46.5 Å². The van der Waals surface area contributed by atoms with Crippen LogP contribution in [0.1, 0.15) is 30.4 Å². The number of carboxylic acids is 1. The maximum Gasteiger partial charge on any atom is 0.416 e. The van der Waals surface area contributed by atoms with Gasteiger partial charge in [-0.05, 0) is 25.0 Å². The van der Waals surface area contributed by atoms with Crippen molar-refractivity contribution in [3.8, 4) is 5.75 Å². The van der Waals surface area contributed by atoms with Crippen LogP contribution in [0.25, 0.3) is 0 Å². The second-order valence-electron chi connectivity index (χ2n) is 4.88. The zero-order valence-corrected chi connectivity index (χ0v) is 12.1. The van der Waals surface area contributed by atoms with Gasteiger partial charge in [-0.1, -0.05) is 15.9 Å². The molecule has 1 fully saturated rings. The van der Waals surface area contributed by atoms with Gasteiger partial charge in [-0.25, -0.2) is 0 Å². The Morgan fingerprint density at radius 1 is 1.45 bits per heavy atom. The van der Waals surface area contributed by atoms with Crippen molar-refractivity contribution in [2.24, 2.45) is 0 Å². The Kier molecular flexibility index (Phi) is 3.75. The minimum Gasteiger partial charge on any atom is -0.496 e. The molecule has 0 radical (unpaired) electrons. The summed E-state index contributed by atoms with van der Waals surface area (Å²) in [6.07, 6.45) is -3.34. The second-order valence-corrected chi connectivity index (χ2v) is 5.74. The van der Waals surface area contributed by atoms with E-state index in [1.54, 1.807) is 0 Å². The normalized spacial score (nSPS) is 16.9. The van der Waals surface area contributed by atoms with E-state index in [0.29, 0.717) is 18.4 Å². The highest BCUT2D eigenvalue weighted by atomic mass is 79.9. The van der Waals surface area contributed by atoms with Crippen LogP contribution < -0.4 is 4.74 Å². The Balaban J connectivity index is 2.52. The number of carboxylic acid groups (broad SMARTS) is 1. The van der Waals surface area contributed by atoms with Crippen LogP contribution in [0, 0.1) is 0 Å². The molecule has 0 heterocycles. The minimum absolute atomic E-state index is 0.0745. The molecule has 1 aromatic rings. The van der Waals surface area contributed by atoms with Crippen LogP contribution in [0.3, 0.4) is 0 Å². The van der Waals surface area contributed by atoms with Crippen LogP contribution in [0.4, 0.5) is 13.2 Å². The lowest BCUT2D eigenvalue weighted by Crippen LogP contribution is -2.16. The Hall–Kier alpha value is -1.24. The second kappa shape index (κ2) is 4.95. The molecule has 0 amide bonds. The summed E-state index contributed by atoms with van der Waals surface area (Å²) in [7, 11) is 1.28. The molecule has 0 aromatic heterocycles. The average molecular weight is 353 g/mol. The first-order valence-electron chi connectivity index (χ1n) is 5.86. The SMILES string of the molecule is COc1cc(C(F)(F)F)cc(Br)c1C1(CC(=O)O)CC1. The third kappa shape index (κ3) is 2.77. The van der Waals surface area contributed by atoms with Gasteiger partial charge < -0.3 is 9.84 Å². The van der Waals surface area contributed by atoms with Crippen LogP contribution in [0.15, 0.2) is 16.6 Å². The van der Waals surface area contributed by atoms with Gasteiger partial charge in [0, 0.05) is 15.5 Å². The Morgan fingerprint density at radius 3 is 2.45 bits per heavy atom. The molecule has 7 heteroatoms. The van der Waals surface area contributed by atoms with E-state index in [4.69, 9.17) is 9.84 Å². The van der Waals surface area contributed by atoms with Crippen molar-refractivity contribution in [1.82, 2.24) is 0 Å². The molecule has 0 atom stereocenters. The number of carbonyl (C=O) groups is 1. The first-order chi connectivity index (χ1) is 9.19. The number of benzene rings is 1. The summed E-state index contributed by atoms with van der Waals surface area (Å²) in [5.74, 6) is -0.901. The van der Waals surface area contributed by atoms with E-state index < -0.39 is 23.1 Å². The van der Waals surface area contributed by atoms with E-state index in [9.17, 15) is 18.0 Å². The fourth-order valence-corrected chi connectivity index (χ4v) is 3.24. The molecule has 0 aliphatic heterocycles. The standard InChI is InChI=1S/C13H12BrF3O3/c1-20-9-5-7(13(15,16)17)4-8(14)11(9)12(2-3-12)6-10(18)19/h4-5H,2-3,6H2,1H3,(H,18,19). The number of aliphatic carboxylic acids is 1. The highest BCUT2D eigenvalue weighted by Crippen LogP contribution is 2.56. The summed E-state index contributed by atoms with van der Waals surface area (Å²) in [5.41, 5.74) is -0.938. The minimum atomic E-state index is -4.47. The van der Waals surface area contributed by atoms with E-state index >= 15 is 0 Å². The van der Waals surface area contributed by atoms with E-state index in [1.165, 1.54) is 7.11 Å². The van der Waals surface area contributed by atoms with Gasteiger partial charge in [-0.3, -0.25) is 4.79 Å². The van der Waals surface area contributed by atoms with Crippen molar-refractivity contribution in [2.75, 3.05) is 7.11 Å². The van der Waals surface area contributed by atoms with Crippen LogP contribution >= 0.6 is 15.9 Å². The molecule has 2 rings (SSSR count). The summed E-state index contributed by atoms with van der Waals surface area (Å²) in [5, 5.41) is 8.95. The maximum atomic E-state index is 12.8. The largest absolute Gasteiger partial charge is 0.496 e. The number of methoxy groups -OCH3 is 1. The predicted octanol–water partition coefficient (Wildman–Crippen LogP) is 3.98. The summed E-state index contributed by atoms with van der Waals surface area (Å²) in [6, 6.07) is 1.89. The molecule has 0 bridgehead atoms. The number of alkyl halides is 3. The fourth-order valence-electron chi connectivity index (χ4n) is 2.38. The number of hydrogen-bond donors (Lipinski definition) is 1. The average Bonchev–Trinajstić information content (AvgIpc) is 3.06. The van der Waals surface area contributed by atoms with E-state index in [-0.39, 0.29) is 16.6 Å². The first-order valence-corrected chi connectivity index (χ1v) is 6.66. The lowest BCUT2D eigenvalue weighted by molar-refractivity contribution is -0.138. The fraction of sp³-hybridized carbons (Fsp3) is 0.462. The lowest BCUT2D eigenvalue weighted by Gasteiger charge is -2.20. The smallest absolute Gasteiger partial charge is 0.416 e. The molecular weight excluding hydrogens is 341 g/mol. The van der Waals surface area contributed by atoms with Crippen molar-refractivity contribution < 1.29 is 27.8 Å². The van der Waals surface area contributed by atoms with Gasteiger partial charge in [0.05, 0.1) is 19.1 Å². The quantitative estimate of drug-likeness (QED) is 0.891. The van der Waals surface area contributed by atoms with Crippen molar-refractivity contribution >= 4 is 21.9 Å². The molecular formula is C13H12BrF3O3. The predicted molar refractivity (Wildman–Crippen MR) is 68.9 cm³/mol. The first kappa shape index (κ1) is 15.2. The number of hydrogen-bond acceptors (Lipinski definition) is 2. The Morgan fingerprint density at radius 2 is 2.05 bits per heavy atom. The van der Waals surface area contributed by atoms with Crippen LogP contribution in [0.5, 0.6) is 5.75 Å². The van der Waals surface area contributed by atoms with E-state index in [1.807, 2.05) is 0 Å². The third-order valence-electron chi connectivity index (χ3n) is 3.47. The molecule has 1 aromatic carbocycles. The van der Waals surface area contributed by atoms with E-state index in [2.05, 4.69) is 15.9 Å². The molecule has 1 N–H and O–H groups in total. The van der Waals surface area contributed by atoms with Crippen LogP contribution in [-0.2, 0) is 16.4 Å². The summed E-state index contributed by atoms with van der Waals surface area (Å²) < 4.78 is 43.6. The molecule has 0 saturated heterocycles. The molecule has 0 unspecified atom stereocenters. The number of ether oxygens (including phenoxy) is 1. The molecule has 1 aliphatic rings. The number of halogens is 4. The van der Waals surface area contributed by atoms with Gasteiger partial charge >= 0.3 is 12.1 Å². The van der Waals surface area contributed by atoms with Crippen LogP contribution in [0.2, 0.25) is 0 Å². The van der Waals surface area contributed by atoms with Crippen molar-refractivity contribution in [3.05, 3.63) is 27.7 Å². The third-order valence-corrected chi connectivity index (χ3v) is 4.10. The van der Waals surface area contributed by atoms with Gasteiger partial charge in [0.15, 0.2) is 0 Å². The van der Waals surface area contributed by atoms with Gasteiger partial charge in [0.2, 0.25) is 0 Å². The molecule has 3 nitrogen and oxygen atoms in total. The monoisotopic (exact) mass is 352 g/mol. The molecule has 20 heavy (non-hydrogen) atoms. The lowest BCUT2D eigenvalue weighted by atomic mass is 9.90. The van der Waals surface area contributed by atoms with Gasteiger partial charge in [-0.15, -0.1) is 0 Å². The summed E-state index contributed by atoms with van der Waals surface area (Å²) >= 11 is 3.12. The molecule has 110 valence electrons. The summed E-state index contributed by atoms with van der Waals surface area (Å²) in [4.78, 5) is 10.9. The van der Waals surface area contributed by atoms with Crippen molar-refractivity contribution in [3.63, 3.8) is 0 Å². The zero-order valence-electron chi connectivity index (χ0n) is 10.6. The maximum absolute atomic E-state index is 12.8.